The van der Waals surface area contributed by atoms with E-state index in [0.717, 1.165) is 0 Å². The fraction of sp³-hybridized carbons (Fsp3) is 0.455. The third-order valence-electron chi connectivity index (χ3n) is 2.42. The lowest BCUT2D eigenvalue weighted by Gasteiger charge is -2.26. The van der Waals surface area contributed by atoms with Crippen molar-refractivity contribution >= 4 is 11.6 Å². The molecule has 0 aliphatic carbocycles. The quantitative estimate of drug-likeness (QED) is 0.736. The lowest BCUT2D eigenvalue weighted by atomic mass is 10.0. The number of benzene rings is 1. The van der Waals surface area contributed by atoms with Gasteiger partial charge in [0.2, 0.25) is 0 Å². The summed E-state index contributed by atoms with van der Waals surface area (Å²) in [6, 6.07) is 4.39. The van der Waals surface area contributed by atoms with Crippen LogP contribution in [0.2, 0.25) is 5.02 Å². The van der Waals surface area contributed by atoms with Crippen molar-refractivity contribution in [1.82, 2.24) is 5.32 Å². The van der Waals surface area contributed by atoms with Crippen molar-refractivity contribution in [3.05, 3.63) is 34.6 Å². The molecule has 16 heavy (non-hydrogen) atoms. The van der Waals surface area contributed by atoms with Crippen molar-refractivity contribution in [2.24, 2.45) is 0 Å². The highest BCUT2D eigenvalue weighted by molar-refractivity contribution is 6.30. The molecule has 0 saturated heterocycles. The summed E-state index contributed by atoms with van der Waals surface area (Å²) >= 11 is 5.62. The molecule has 0 radical (unpaired) electrons. The maximum absolute atomic E-state index is 13.4. The van der Waals surface area contributed by atoms with Gasteiger partial charge in [0.1, 0.15) is 5.82 Å². The van der Waals surface area contributed by atoms with Gasteiger partial charge in [0, 0.05) is 17.1 Å². The van der Waals surface area contributed by atoms with Gasteiger partial charge in [-0.25, -0.2) is 4.39 Å². The Morgan fingerprint density at radius 3 is 2.50 bits per heavy atom. The van der Waals surface area contributed by atoms with Crippen molar-refractivity contribution in [3.63, 3.8) is 0 Å². The Hall–Kier alpha value is -0.680. The standard InChI is InChI=1S/C11H15ClFNO2/c1-11(6-15,7-16)14-5-8-2-3-9(12)4-10(8)13/h2-4,14-16H,5-7H2,1H3. The Labute approximate surface area is 98.9 Å². The highest BCUT2D eigenvalue weighted by Gasteiger charge is 2.21. The van der Waals surface area contributed by atoms with Crippen molar-refractivity contribution in [1.29, 1.82) is 0 Å². The highest BCUT2D eigenvalue weighted by atomic mass is 35.5. The third-order valence-corrected chi connectivity index (χ3v) is 2.65. The highest BCUT2D eigenvalue weighted by Crippen LogP contribution is 2.15. The largest absolute Gasteiger partial charge is 0.394 e. The molecule has 1 aromatic carbocycles. The molecule has 3 N–H and O–H groups in total. The van der Waals surface area contributed by atoms with Crippen molar-refractivity contribution in [2.75, 3.05) is 13.2 Å². The molecule has 0 unspecified atom stereocenters. The van der Waals surface area contributed by atoms with Gasteiger partial charge >= 0.3 is 0 Å². The van der Waals surface area contributed by atoms with E-state index in [4.69, 9.17) is 21.8 Å². The van der Waals surface area contributed by atoms with Crippen molar-refractivity contribution in [3.8, 4) is 0 Å². The third kappa shape index (κ3) is 3.42. The number of hydrogen-bond donors (Lipinski definition) is 3. The second-order valence-corrected chi connectivity index (χ2v) is 4.40. The van der Waals surface area contributed by atoms with Crippen LogP contribution in [-0.2, 0) is 6.54 Å². The van der Waals surface area contributed by atoms with E-state index in [9.17, 15) is 4.39 Å². The van der Waals surface area contributed by atoms with Crippen LogP contribution >= 0.6 is 11.6 Å². The molecule has 90 valence electrons. The van der Waals surface area contributed by atoms with Crippen LogP contribution in [-0.4, -0.2) is 29.0 Å². The van der Waals surface area contributed by atoms with Crippen molar-refractivity contribution < 1.29 is 14.6 Å². The molecule has 0 bridgehead atoms. The predicted octanol–water partition coefficient (Wildman–Crippen LogP) is 1.31. The molecular weight excluding hydrogens is 233 g/mol. The number of hydrogen-bond acceptors (Lipinski definition) is 3. The van der Waals surface area contributed by atoms with E-state index >= 15 is 0 Å². The predicted molar refractivity (Wildman–Crippen MR) is 60.8 cm³/mol. The average Bonchev–Trinajstić information content (AvgIpc) is 2.27. The van der Waals surface area contributed by atoms with Crippen molar-refractivity contribution in [2.45, 2.75) is 19.0 Å². The molecule has 0 spiro atoms. The van der Waals surface area contributed by atoms with Crippen LogP contribution < -0.4 is 5.32 Å². The molecule has 0 amide bonds. The molecule has 0 atom stereocenters. The lowest BCUT2D eigenvalue weighted by Crippen LogP contribution is -2.48. The zero-order chi connectivity index (χ0) is 12.2. The van der Waals surface area contributed by atoms with Crippen LogP contribution in [0.25, 0.3) is 0 Å². The van der Waals surface area contributed by atoms with E-state index in [1.165, 1.54) is 6.07 Å². The van der Waals surface area contributed by atoms with Gasteiger partial charge in [-0.05, 0) is 19.1 Å². The molecule has 0 aliphatic heterocycles. The van der Waals surface area contributed by atoms with Gasteiger partial charge in [-0.3, -0.25) is 0 Å². The number of halogens is 2. The number of aliphatic hydroxyl groups excluding tert-OH is 2. The monoisotopic (exact) mass is 247 g/mol. The van der Waals surface area contributed by atoms with E-state index in [1.807, 2.05) is 0 Å². The van der Waals surface area contributed by atoms with Crippen LogP contribution in [0.5, 0.6) is 0 Å². The molecule has 3 nitrogen and oxygen atoms in total. The fourth-order valence-corrected chi connectivity index (χ4v) is 1.29. The van der Waals surface area contributed by atoms with Gasteiger partial charge in [0.25, 0.3) is 0 Å². The van der Waals surface area contributed by atoms with Gasteiger partial charge in [0.05, 0.1) is 18.8 Å². The van der Waals surface area contributed by atoms with E-state index in [0.29, 0.717) is 10.6 Å². The van der Waals surface area contributed by atoms with Gasteiger partial charge in [-0.15, -0.1) is 0 Å². The van der Waals surface area contributed by atoms with E-state index < -0.39 is 11.4 Å². The molecule has 0 aromatic heterocycles. The van der Waals surface area contributed by atoms with E-state index in [2.05, 4.69) is 5.32 Å². The SMILES string of the molecule is CC(CO)(CO)NCc1ccc(Cl)cc1F. The summed E-state index contributed by atoms with van der Waals surface area (Å²) in [5.41, 5.74) is -0.371. The minimum Gasteiger partial charge on any atom is -0.394 e. The molecule has 0 aliphatic rings. The zero-order valence-corrected chi connectivity index (χ0v) is 9.76. The summed E-state index contributed by atoms with van der Waals surface area (Å²) in [7, 11) is 0. The molecule has 1 rings (SSSR count). The first kappa shape index (κ1) is 13.4. The minimum atomic E-state index is -0.813. The molecular formula is C11H15ClFNO2. The zero-order valence-electron chi connectivity index (χ0n) is 9.00. The van der Waals surface area contributed by atoms with Gasteiger partial charge in [-0.2, -0.15) is 0 Å². The first-order valence-corrected chi connectivity index (χ1v) is 5.29. The van der Waals surface area contributed by atoms with Gasteiger partial charge in [0.15, 0.2) is 0 Å². The van der Waals surface area contributed by atoms with E-state index in [-0.39, 0.29) is 19.8 Å². The van der Waals surface area contributed by atoms with Crippen LogP contribution in [0.4, 0.5) is 4.39 Å². The Morgan fingerprint density at radius 2 is 2.00 bits per heavy atom. The summed E-state index contributed by atoms with van der Waals surface area (Å²) in [5.74, 6) is -0.404. The first-order valence-electron chi connectivity index (χ1n) is 4.91. The second-order valence-electron chi connectivity index (χ2n) is 3.97. The molecule has 0 heterocycles. The van der Waals surface area contributed by atoms with Gasteiger partial charge < -0.3 is 15.5 Å². The Kier molecular flexibility index (Phi) is 4.68. The molecule has 1 aromatic rings. The number of rotatable bonds is 5. The Bertz CT molecular complexity index is 356. The minimum absolute atomic E-state index is 0.223. The summed E-state index contributed by atoms with van der Waals surface area (Å²) < 4.78 is 13.4. The summed E-state index contributed by atoms with van der Waals surface area (Å²) in [6.45, 7) is 1.43. The average molecular weight is 248 g/mol. The van der Waals surface area contributed by atoms with Crippen LogP contribution in [0.1, 0.15) is 12.5 Å². The maximum Gasteiger partial charge on any atom is 0.129 e. The number of nitrogens with one attached hydrogen (secondary N) is 1. The first-order chi connectivity index (χ1) is 7.50. The fourth-order valence-electron chi connectivity index (χ4n) is 1.14. The lowest BCUT2D eigenvalue weighted by molar-refractivity contribution is 0.103. The Balaban J connectivity index is 2.67. The summed E-state index contributed by atoms with van der Waals surface area (Å²) in [5, 5.41) is 21.3. The number of aliphatic hydroxyl groups is 2. The molecule has 0 saturated carbocycles. The van der Waals surface area contributed by atoms with Crippen LogP contribution in [0.3, 0.4) is 0 Å². The van der Waals surface area contributed by atoms with Crippen LogP contribution in [0, 0.1) is 5.82 Å². The van der Waals surface area contributed by atoms with Crippen LogP contribution in [0.15, 0.2) is 18.2 Å². The topological polar surface area (TPSA) is 52.5 Å². The maximum atomic E-state index is 13.4. The molecule has 0 fully saturated rings. The second kappa shape index (κ2) is 5.59. The summed E-state index contributed by atoms with van der Waals surface area (Å²) in [6.07, 6.45) is 0. The van der Waals surface area contributed by atoms with E-state index in [1.54, 1.807) is 19.1 Å². The van der Waals surface area contributed by atoms with Gasteiger partial charge in [-0.1, -0.05) is 17.7 Å². The molecule has 5 heteroatoms. The Morgan fingerprint density at radius 1 is 1.38 bits per heavy atom. The summed E-state index contributed by atoms with van der Waals surface area (Å²) in [4.78, 5) is 0. The normalized spacial score (nSPS) is 11.8. The smallest absolute Gasteiger partial charge is 0.129 e.